The van der Waals surface area contributed by atoms with Crippen LogP contribution in [0.4, 0.5) is 0 Å². The third-order valence-corrected chi connectivity index (χ3v) is 2.19. The number of hydrogen-bond donors (Lipinski definition) is 0. The summed E-state index contributed by atoms with van der Waals surface area (Å²) in [6.07, 6.45) is 1.67. The molecule has 0 saturated heterocycles. The summed E-state index contributed by atoms with van der Waals surface area (Å²) in [5.74, 6) is 0.936. The van der Waals surface area contributed by atoms with Gasteiger partial charge in [0.1, 0.15) is 0 Å². The average molecular weight is 194 g/mol. The van der Waals surface area contributed by atoms with E-state index < -0.39 is 0 Å². The second kappa shape index (κ2) is 3.60. The molecular weight excluding hydrogens is 176 g/mol. The van der Waals surface area contributed by atoms with Crippen LogP contribution < -0.4 is 0 Å². The van der Waals surface area contributed by atoms with Crippen molar-refractivity contribution in [2.24, 2.45) is 5.41 Å². The highest BCUT2D eigenvalue weighted by Gasteiger charge is 2.25. The molecule has 2 heteroatoms. The van der Waals surface area contributed by atoms with E-state index in [0.717, 1.165) is 5.56 Å². The minimum Gasteiger partial charge on any atom is -0.461 e. The molecule has 78 valence electrons. The largest absolute Gasteiger partial charge is 0.461 e. The average Bonchev–Trinajstić information content (AvgIpc) is 2.48. The number of furan rings is 1. The van der Waals surface area contributed by atoms with Crippen molar-refractivity contribution >= 4 is 5.78 Å². The molecule has 0 atom stereocenters. The molecule has 0 spiro atoms. The first-order chi connectivity index (χ1) is 6.32. The fourth-order valence-corrected chi connectivity index (χ4v) is 1.14. The third kappa shape index (κ3) is 2.25. The zero-order valence-corrected chi connectivity index (χ0v) is 9.55. The van der Waals surface area contributed by atoms with Gasteiger partial charge in [0, 0.05) is 5.41 Å². The molecule has 0 saturated carbocycles. The number of hydrogen-bond acceptors (Lipinski definition) is 2. The van der Waals surface area contributed by atoms with Crippen LogP contribution in [0.5, 0.6) is 0 Å². The lowest BCUT2D eigenvalue weighted by Crippen LogP contribution is -2.19. The Morgan fingerprint density at radius 2 is 1.93 bits per heavy atom. The molecule has 0 aromatic carbocycles. The molecular formula is C12H18O2. The van der Waals surface area contributed by atoms with E-state index >= 15 is 0 Å². The molecule has 1 aromatic heterocycles. The summed E-state index contributed by atoms with van der Waals surface area (Å²) >= 11 is 0. The number of Topliss-reactive ketones (excluding diaryl/α,β-unsaturated/α-hetero) is 1. The lowest BCUT2D eigenvalue weighted by Gasteiger charge is -2.13. The van der Waals surface area contributed by atoms with Gasteiger partial charge in [0.2, 0.25) is 5.78 Å². The van der Waals surface area contributed by atoms with Crippen LogP contribution in [0.2, 0.25) is 0 Å². The molecule has 1 aromatic rings. The molecule has 2 nitrogen and oxygen atoms in total. The molecule has 0 aliphatic heterocycles. The fourth-order valence-electron chi connectivity index (χ4n) is 1.14. The molecule has 0 radical (unpaired) electrons. The first-order valence-electron chi connectivity index (χ1n) is 4.95. The van der Waals surface area contributed by atoms with Gasteiger partial charge in [-0.3, -0.25) is 4.79 Å². The van der Waals surface area contributed by atoms with Gasteiger partial charge < -0.3 is 4.42 Å². The third-order valence-electron chi connectivity index (χ3n) is 2.19. The minimum atomic E-state index is -0.369. The van der Waals surface area contributed by atoms with Gasteiger partial charge in [-0.25, -0.2) is 0 Å². The number of ketones is 1. The summed E-state index contributed by atoms with van der Waals surface area (Å²) in [4.78, 5) is 11.8. The summed E-state index contributed by atoms with van der Waals surface area (Å²) in [7, 11) is 0. The maximum atomic E-state index is 11.8. The van der Waals surface area contributed by atoms with Gasteiger partial charge in [0.15, 0.2) is 5.76 Å². The van der Waals surface area contributed by atoms with Crippen LogP contribution >= 0.6 is 0 Å². The SMILES string of the molecule is CC(C)c1coc(C(=O)C(C)(C)C)c1. The van der Waals surface area contributed by atoms with Crippen molar-refractivity contribution in [1.82, 2.24) is 0 Å². The van der Waals surface area contributed by atoms with Gasteiger partial charge in [0.25, 0.3) is 0 Å². The molecule has 1 rings (SSSR count). The second-order valence-electron chi connectivity index (χ2n) is 4.98. The zero-order valence-electron chi connectivity index (χ0n) is 9.55. The van der Waals surface area contributed by atoms with Crippen LogP contribution in [0.3, 0.4) is 0 Å². The van der Waals surface area contributed by atoms with E-state index in [9.17, 15) is 4.79 Å². The number of rotatable bonds is 2. The Morgan fingerprint density at radius 3 is 2.29 bits per heavy atom. The highest BCUT2D eigenvalue weighted by atomic mass is 16.3. The first-order valence-corrected chi connectivity index (χ1v) is 4.95. The van der Waals surface area contributed by atoms with E-state index in [-0.39, 0.29) is 11.2 Å². The molecule has 0 N–H and O–H groups in total. The van der Waals surface area contributed by atoms with Crippen LogP contribution in [-0.2, 0) is 0 Å². The van der Waals surface area contributed by atoms with Gasteiger partial charge in [-0.15, -0.1) is 0 Å². The molecule has 0 bridgehead atoms. The Bertz CT molecular complexity index is 326. The lowest BCUT2D eigenvalue weighted by molar-refractivity contribution is 0.0828. The van der Waals surface area contributed by atoms with E-state index in [0.29, 0.717) is 11.7 Å². The highest BCUT2D eigenvalue weighted by molar-refractivity contribution is 5.97. The maximum Gasteiger partial charge on any atom is 0.203 e. The van der Waals surface area contributed by atoms with E-state index in [1.807, 2.05) is 26.8 Å². The van der Waals surface area contributed by atoms with Crippen molar-refractivity contribution in [3.05, 3.63) is 23.7 Å². The number of carbonyl (C=O) groups is 1. The summed E-state index contributed by atoms with van der Waals surface area (Å²) in [6, 6.07) is 1.85. The predicted octanol–water partition coefficient (Wildman–Crippen LogP) is 3.63. The second-order valence-corrected chi connectivity index (χ2v) is 4.98. The Kier molecular flexibility index (Phi) is 2.84. The lowest BCUT2D eigenvalue weighted by atomic mass is 9.89. The predicted molar refractivity (Wildman–Crippen MR) is 56.6 cm³/mol. The molecule has 0 aliphatic carbocycles. The van der Waals surface area contributed by atoms with Crippen LogP contribution in [-0.4, -0.2) is 5.78 Å². The highest BCUT2D eigenvalue weighted by Crippen LogP contribution is 2.24. The van der Waals surface area contributed by atoms with E-state index in [1.54, 1.807) is 6.26 Å². The summed E-state index contributed by atoms with van der Waals surface area (Å²) in [5.41, 5.74) is 0.712. The van der Waals surface area contributed by atoms with E-state index in [1.165, 1.54) is 0 Å². The van der Waals surface area contributed by atoms with Gasteiger partial charge in [-0.05, 0) is 17.5 Å². The van der Waals surface area contributed by atoms with E-state index in [2.05, 4.69) is 13.8 Å². The summed E-state index contributed by atoms with van der Waals surface area (Å²) in [6.45, 7) is 9.85. The number of carbonyl (C=O) groups excluding carboxylic acids is 1. The van der Waals surface area contributed by atoms with Crippen molar-refractivity contribution in [2.75, 3.05) is 0 Å². The van der Waals surface area contributed by atoms with Gasteiger partial charge in [-0.2, -0.15) is 0 Å². The minimum absolute atomic E-state index is 0.0596. The fraction of sp³-hybridized carbons (Fsp3) is 0.583. The topological polar surface area (TPSA) is 30.2 Å². The summed E-state index contributed by atoms with van der Waals surface area (Å²) < 4.78 is 5.26. The standard InChI is InChI=1S/C12H18O2/c1-8(2)9-6-10(14-7-9)11(13)12(3,4)5/h6-8H,1-5H3. The molecule has 0 fully saturated rings. The maximum absolute atomic E-state index is 11.8. The van der Waals surface area contributed by atoms with Gasteiger partial charge in [0.05, 0.1) is 6.26 Å². The quantitative estimate of drug-likeness (QED) is 0.673. The Morgan fingerprint density at radius 1 is 1.36 bits per heavy atom. The van der Waals surface area contributed by atoms with Crippen molar-refractivity contribution in [3.63, 3.8) is 0 Å². The first kappa shape index (κ1) is 11.0. The van der Waals surface area contributed by atoms with Crippen LogP contribution in [0.1, 0.15) is 56.7 Å². The van der Waals surface area contributed by atoms with Crippen molar-refractivity contribution in [1.29, 1.82) is 0 Å². The van der Waals surface area contributed by atoms with Crippen molar-refractivity contribution in [2.45, 2.75) is 40.5 Å². The van der Waals surface area contributed by atoms with Crippen LogP contribution in [0.25, 0.3) is 0 Å². The van der Waals surface area contributed by atoms with Crippen LogP contribution in [0.15, 0.2) is 16.7 Å². The monoisotopic (exact) mass is 194 g/mol. The Hall–Kier alpha value is -1.05. The zero-order chi connectivity index (χ0) is 10.9. The van der Waals surface area contributed by atoms with Crippen molar-refractivity contribution in [3.8, 4) is 0 Å². The molecule has 14 heavy (non-hydrogen) atoms. The van der Waals surface area contributed by atoms with E-state index in [4.69, 9.17) is 4.42 Å². The smallest absolute Gasteiger partial charge is 0.203 e. The van der Waals surface area contributed by atoms with Gasteiger partial charge >= 0.3 is 0 Å². The molecule has 0 aliphatic rings. The Balaban J connectivity index is 2.93. The Labute approximate surface area is 85.3 Å². The van der Waals surface area contributed by atoms with Crippen LogP contribution in [0, 0.1) is 5.41 Å². The van der Waals surface area contributed by atoms with Gasteiger partial charge in [-0.1, -0.05) is 34.6 Å². The normalized spacial score (nSPS) is 12.1. The molecule has 1 heterocycles. The summed E-state index contributed by atoms with van der Waals surface area (Å²) in [5, 5.41) is 0. The molecule has 0 unspecified atom stereocenters. The van der Waals surface area contributed by atoms with Crippen molar-refractivity contribution < 1.29 is 9.21 Å². The molecule has 0 amide bonds.